The SMILES string of the molecule is Cc1ccc(-c2ccc(S(=O)(=O)N3CCC(NC(=O)OC(C)(C)C)C3)cc2)cc1. The smallest absolute Gasteiger partial charge is 0.407 e. The van der Waals surface area contributed by atoms with Gasteiger partial charge in [-0.25, -0.2) is 13.2 Å². The van der Waals surface area contributed by atoms with Crippen LogP contribution in [-0.2, 0) is 14.8 Å². The quantitative estimate of drug-likeness (QED) is 0.819. The number of carbonyl (C=O) groups is 1. The van der Waals surface area contributed by atoms with E-state index in [0.717, 1.165) is 11.1 Å². The van der Waals surface area contributed by atoms with Gasteiger partial charge in [-0.05, 0) is 57.4 Å². The van der Waals surface area contributed by atoms with Crippen molar-refractivity contribution in [3.63, 3.8) is 0 Å². The molecule has 6 nitrogen and oxygen atoms in total. The molecule has 1 saturated heterocycles. The third-order valence-corrected chi connectivity index (χ3v) is 6.63. The highest BCUT2D eigenvalue weighted by atomic mass is 32.2. The maximum atomic E-state index is 13.0. The molecular weight excluding hydrogens is 388 g/mol. The summed E-state index contributed by atoms with van der Waals surface area (Å²) >= 11 is 0. The lowest BCUT2D eigenvalue weighted by Crippen LogP contribution is -2.41. The second kappa shape index (κ2) is 8.16. The Morgan fingerprint density at radius 2 is 1.59 bits per heavy atom. The molecule has 0 aliphatic carbocycles. The molecule has 1 atom stereocenters. The molecule has 2 aromatic rings. The Labute approximate surface area is 172 Å². The van der Waals surface area contributed by atoms with Crippen molar-refractivity contribution in [2.45, 2.75) is 50.7 Å². The summed E-state index contributed by atoms with van der Waals surface area (Å²) in [6.45, 7) is 8.00. The number of benzene rings is 2. The number of nitrogens with one attached hydrogen (secondary N) is 1. The molecule has 0 saturated carbocycles. The van der Waals surface area contributed by atoms with E-state index in [2.05, 4.69) is 5.32 Å². The van der Waals surface area contributed by atoms with E-state index >= 15 is 0 Å². The van der Waals surface area contributed by atoms with Gasteiger partial charge in [0, 0.05) is 19.1 Å². The van der Waals surface area contributed by atoms with Crippen molar-refractivity contribution in [1.82, 2.24) is 9.62 Å². The third kappa shape index (κ3) is 5.36. The van der Waals surface area contributed by atoms with E-state index in [1.165, 1.54) is 9.87 Å². The van der Waals surface area contributed by atoms with Crippen LogP contribution in [0.4, 0.5) is 4.79 Å². The highest BCUT2D eigenvalue weighted by Gasteiger charge is 2.34. The minimum Gasteiger partial charge on any atom is -0.444 e. The minimum atomic E-state index is -3.61. The Bertz CT molecular complexity index is 961. The molecule has 0 aromatic heterocycles. The predicted molar refractivity (Wildman–Crippen MR) is 113 cm³/mol. The van der Waals surface area contributed by atoms with Gasteiger partial charge in [0.05, 0.1) is 4.90 Å². The number of hydrogen-bond donors (Lipinski definition) is 1. The van der Waals surface area contributed by atoms with Crippen LogP contribution in [0.15, 0.2) is 53.4 Å². The van der Waals surface area contributed by atoms with E-state index < -0.39 is 21.7 Å². The second-order valence-electron chi connectivity index (χ2n) is 8.39. The molecule has 1 amide bonds. The summed E-state index contributed by atoms with van der Waals surface area (Å²) in [6.07, 6.45) is 0.0316. The van der Waals surface area contributed by atoms with Gasteiger partial charge in [-0.2, -0.15) is 4.31 Å². The highest BCUT2D eigenvalue weighted by Crippen LogP contribution is 2.25. The number of ether oxygens (including phenoxy) is 1. The average molecular weight is 417 g/mol. The molecule has 1 N–H and O–H groups in total. The van der Waals surface area contributed by atoms with Gasteiger partial charge in [0.1, 0.15) is 5.60 Å². The number of carbonyl (C=O) groups excluding carboxylic acids is 1. The van der Waals surface area contributed by atoms with Crippen molar-refractivity contribution in [1.29, 1.82) is 0 Å². The van der Waals surface area contributed by atoms with Crippen LogP contribution in [-0.4, -0.2) is 43.5 Å². The van der Waals surface area contributed by atoms with E-state index in [1.807, 2.05) is 43.3 Å². The number of amides is 1. The fourth-order valence-corrected chi connectivity index (χ4v) is 4.75. The first-order valence-electron chi connectivity index (χ1n) is 9.71. The molecule has 1 heterocycles. The number of nitrogens with zero attached hydrogens (tertiary/aromatic N) is 1. The zero-order chi connectivity index (χ0) is 21.2. The molecule has 29 heavy (non-hydrogen) atoms. The molecule has 3 rings (SSSR count). The lowest BCUT2D eigenvalue weighted by molar-refractivity contribution is 0.0507. The van der Waals surface area contributed by atoms with Gasteiger partial charge in [0.25, 0.3) is 0 Å². The zero-order valence-corrected chi connectivity index (χ0v) is 18.1. The highest BCUT2D eigenvalue weighted by molar-refractivity contribution is 7.89. The first-order chi connectivity index (χ1) is 13.5. The van der Waals surface area contributed by atoms with E-state index in [4.69, 9.17) is 4.74 Å². The van der Waals surface area contributed by atoms with Crippen LogP contribution in [0.2, 0.25) is 0 Å². The molecule has 0 radical (unpaired) electrons. The van der Waals surface area contributed by atoms with Crippen LogP contribution < -0.4 is 5.32 Å². The summed E-state index contributed by atoms with van der Waals surface area (Å²) in [4.78, 5) is 12.2. The Kier molecular flexibility index (Phi) is 6.00. The number of aryl methyl sites for hydroxylation is 1. The molecule has 1 aliphatic heterocycles. The maximum Gasteiger partial charge on any atom is 0.407 e. The molecule has 0 spiro atoms. The average Bonchev–Trinajstić information content (AvgIpc) is 3.10. The molecule has 156 valence electrons. The molecule has 2 aromatic carbocycles. The first-order valence-corrected chi connectivity index (χ1v) is 11.2. The fourth-order valence-electron chi connectivity index (χ4n) is 3.25. The standard InChI is InChI=1S/C22H28N2O4S/c1-16-5-7-17(8-6-16)18-9-11-20(12-10-18)29(26,27)24-14-13-19(15-24)23-21(25)28-22(2,3)4/h5-12,19H,13-15H2,1-4H3,(H,23,25). The predicted octanol–water partition coefficient (Wildman–Crippen LogP) is 3.95. The Balaban J connectivity index is 1.66. The second-order valence-corrected chi connectivity index (χ2v) is 10.3. The zero-order valence-electron chi connectivity index (χ0n) is 17.3. The van der Waals surface area contributed by atoms with E-state index in [9.17, 15) is 13.2 Å². The van der Waals surface area contributed by atoms with E-state index in [-0.39, 0.29) is 17.5 Å². The molecule has 1 unspecified atom stereocenters. The van der Waals surface area contributed by atoms with Crippen molar-refractivity contribution < 1.29 is 17.9 Å². The normalized spacial score (nSPS) is 17.9. The Hall–Kier alpha value is -2.38. The topological polar surface area (TPSA) is 75.7 Å². The third-order valence-electron chi connectivity index (χ3n) is 4.75. The van der Waals surface area contributed by atoms with Crippen LogP contribution in [0.3, 0.4) is 0 Å². The number of rotatable bonds is 4. The first kappa shape index (κ1) is 21.3. The van der Waals surface area contributed by atoms with Gasteiger partial charge < -0.3 is 10.1 Å². The van der Waals surface area contributed by atoms with Gasteiger partial charge in [0.2, 0.25) is 10.0 Å². The van der Waals surface area contributed by atoms with Crippen LogP contribution in [0.25, 0.3) is 11.1 Å². The Morgan fingerprint density at radius 3 is 2.14 bits per heavy atom. The summed E-state index contributed by atoms with van der Waals surface area (Å²) in [5.74, 6) is 0. The number of alkyl carbamates (subject to hydrolysis) is 1. The summed E-state index contributed by atoms with van der Waals surface area (Å²) in [6, 6.07) is 14.8. The van der Waals surface area contributed by atoms with Crippen LogP contribution in [0, 0.1) is 6.92 Å². The molecular formula is C22H28N2O4S. The fraction of sp³-hybridized carbons (Fsp3) is 0.409. The number of hydrogen-bond acceptors (Lipinski definition) is 4. The van der Waals surface area contributed by atoms with E-state index in [1.54, 1.807) is 32.9 Å². The van der Waals surface area contributed by atoms with Gasteiger partial charge in [-0.1, -0.05) is 42.0 Å². The van der Waals surface area contributed by atoms with Gasteiger partial charge >= 0.3 is 6.09 Å². The molecule has 0 bridgehead atoms. The molecule has 1 fully saturated rings. The van der Waals surface area contributed by atoms with Crippen molar-refractivity contribution in [3.8, 4) is 11.1 Å². The van der Waals surface area contributed by atoms with Crippen LogP contribution in [0.1, 0.15) is 32.8 Å². The monoisotopic (exact) mass is 416 g/mol. The van der Waals surface area contributed by atoms with Crippen molar-refractivity contribution >= 4 is 16.1 Å². The van der Waals surface area contributed by atoms with Crippen molar-refractivity contribution in [3.05, 3.63) is 54.1 Å². The molecule has 1 aliphatic rings. The summed E-state index contributed by atoms with van der Waals surface area (Å²) in [5.41, 5.74) is 2.60. The van der Waals surface area contributed by atoms with E-state index in [0.29, 0.717) is 13.0 Å². The lowest BCUT2D eigenvalue weighted by atomic mass is 10.0. The van der Waals surface area contributed by atoms with Gasteiger partial charge in [-0.15, -0.1) is 0 Å². The van der Waals surface area contributed by atoms with Crippen molar-refractivity contribution in [2.24, 2.45) is 0 Å². The largest absolute Gasteiger partial charge is 0.444 e. The van der Waals surface area contributed by atoms with Gasteiger partial charge in [-0.3, -0.25) is 0 Å². The molecule has 7 heteroatoms. The summed E-state index contributed by atoms with van der Waals surface area (Å²) < 4.78 is 32.6. The number of sulfonamides is 1. The summed E-state index contributed by atoms with van der Waals surface area (Å²) in [7, 11) is -3.61. The minimum absolute atomic E-state index is 0.237. The van der Waals surface area contributed by atoms with Gasteiger partial charge in [0.15, 0.2) is 0 Å². The lowest BCUT2D eigenvalue weighted by Gasteiger charge is -2.22. The summed E-state index contributed by atoms with van der Waals surface area (Å²) in [5, 5.41) is 2.76. The Morgan fingerprint density at radius 1 is 1.03 bits per heavy atom. The maximum absolute atomic E-state index is 13.0. The van der Waals surface area contributed by atoms with Crippen LogP contribution >= 0.6 is 0 Å². The van der Waals surface area contributed by atoms with Crippen LogP contribution in [0.5, 0.6) is 0 Å². The van der Waals surface area contributed by atoms with Crippen molar-refractivity contribution in [2.75, 3.05) is 13.1 Å².